The standard InChI is InChI=1S/C15H16N4O3/c1-11(20)17-5-7-18(8-6-17)12-9-13-14(16-10-12)3-2-4-15(13)19(21)22/h2-4,9-10H,5-8H2,1H3. The number of benzene rings is 1. The van der Waals surface area contributed by atoms with E-state index in [1.807, 2.05) is 6.07 Å². The Morgan fingerprint density at radius 1 is 1.27 bits per heavy atom. The van der Waals surface area contributed by atoms with E-state index >= 15 is 0 Å². The highest BCUT2D eigenvalue weighted by atomic mass is 16.6. The Bertz CT molecular complexity index is 739. The lowest BCUT2D eigenvalue weighted by Gasteiger charge is -2.35. The molecule has 0 radical (unpaired) electrons. The molecule has 1 aromatic heterocycles. The molecule has 1 aliphatic rings. The van der Waals surface area contributed by atoms with Crippen molar-refractivity contribution < 1.29 is 9.72 Å². The Kier molecular flexibility index (Phi) is 3.62. The van der Waals surface area contributed by atoms with Crippen LogP contribution in [0.15, 0.2) is 30.5 Å². The number of hydrogen-bond donors (Lipinski definition) is 0. The number of non-ortho nitro benzene ring substituents is 1. The zero-order valence-electron chi connectivity index (χ0n) is 12.2. The Labute approximate surface area is 127 Å². The van der Waals surface area contributed by atoms with Gasteiger partial charge in [0.2, 0.25) is 5.91 Å². The van der Waals surface area contributed by atoms with Crippen molar-refractivity contribution in [3.05, 3.63) is 40.6 Å². The van der Waals surface area contributed by atoms with Gasteiger partial charge in [0.1, 0.15) is 0 Å². The van der Waals surface area contributed by atoms with E-state index < -0.39 is 0 Å². The van der Waals surface area contributed by atoms with E-state index in [9.17, 15) is 14.9 Å². The first-order valence-corrected chi connectivity index (χ1v) is 7.10. The highest BCUT2D eigenvalue weighted by molar-refractivity contribution is 5.90. The maximum Gasteiger partial charge on any atom is 0.278 e. The van der Waals surface area contributed by atoms with E-state index in [0.29, 0.717) is 37.1 Å². The van der Waals surface area contributed by atoms with Crippen LogP contribution in [0.5, 0.6) is 0 Å². The number of aromatic nitrogens is 1. The Morgan fingerprint density at radius 2 is 2.00 bits per heavy atom. The van der Waals surface area contributed by atoms with Crippen molar-refractivity contribution in [2.45, 2.75) is 6.92 Å². The van der Waals surface area contributed by atoms with Crippen molar-refractivity contribution in [1.29, 1.82) is 0 Å². The summed E-state index contributed by atoms with van der Waals surface area (Å²) in [5.74, 6) is 0.0759. The Balaban J connectivity index is 1.91. The normalized spacial score (nSPS) is 15.1. The molecular formula is C15H16N4O3. The van der Waals surface area contributed by atoms with Crippen LogP contribution in [0.4, 0.5) is 11.4 Å². The molecule has 2 heterocycles. The molecular weight excluding hydrogens is 284 g/mol. The second kappa shape index (κ2) is 5.59. The first-order valence-electron chi connectivity index (χ1n) is 7.10. The fourth-order valence-corrected chi connectivity index (χ4v) is 2.73. The van der Waals surface area contributed by atoms with Gasteiger partial charge in [0, 0.05) is 39.2 Å². The molecule has 22 heavy (non-hydrogen) atoms. The first kappa shape index (κ1) is 14.2. The summed E-state index contributed by atoms with van der Waals surface area (Å²) in [6.07, 6.45) is 1.73. The summed E-state index contributed by atoms with van der Waals surface area (Å²) in [6.45, 7) is 4.28. The zero-order chi connectivity index (χ0) is 15.7. The number of pyridine rings is 1. The summed E-state index contributed by atoms with van der Waals surface area (Å²) in [5, 5.41) is 11.7. The third kappa shape index (κ3) is 2.57. The molecule has 0 unspecified atom stereocenters. The van der Waals surface area contributed by atoms with Crippen molar-refractivity contribution in [3.8, 4) is 0 Å². The van der Waals surface area contributed by atoms with Crippen LogP contribution in [-0.2, 0) is 4.79 Å². The van der Waals surface area contributed by atoms with Gasteiger partial charge in [-0.1, -0.05) is 6.07 Å². The zero-order valence-corrected chi connectivity index (χ0v) is 12.2. The molecule has 1 amide bonds. The van der Waals surface area contributed by atoms with Crippen LogP contribution in [0.1, 0.15) is 6.92 Å². The highest BCUT2D eigenvalue weighted by Crippen LogP contribution is 2.28. The van der Waals surface area contributed by atoms with E-state index in [1.165, 1.54) is 6.07 Å². The van der Waals surface area contributed by atoms with Crippen molar-refractivity contribution in [3.63, 3.8) is 0 Å². The molecule has 3 rings (SSSR count). The fourth-order valence-electron chi connectivity index (χ4n) is 2.73. The molecule has 114 valence electrons. The lowest BCUT2D eigenvalue weighted by Crippen LogP contribution is -2.48. The van der Waals surface area contributed by atoms with E-state index in [1.54, 1.807) is 30.2 Å². The maximum absolute atomic E-state index is 11.4. The summed E-state index contributed by atoms with van der Waals surface area (Å²) in [6, 6.07) is 6.70. The number of carbonyl (C=O) groups is 1. The quantitative estimate of drug-likeness (QED) is 0.624. The van der Waals surface area contributed by atoms with Crippen LogP contribution in [-0.4, -0.2) is 46.9 Å². The SMILES string of the molecule is CC(=O)N1CCN(c2cnc3cccc([N+](=O)[O-])c3c2)CC1. The molecule has 7 nitrogen and oxygen atoms in total. The molecule has 0 aliphatic carbocycles. The number of fused-ring (bicyclic) bond motifs is 1. The summed E-state index contributed by atoms with van der Waals surface area (Å²) >= 11 is 0. The number of carbonyl (C=O) groups excluding carboxylic acids is 1. The number of anilines is 1. The monoisotopic (exact) mass is 300 g/mol. The first-order chi connectivity index (χ1) is 10.6. The van der Waals surface area contributed by atoms with Crippen LogP contribution >= 0.6 is 0 Å². The molecule has 0 atom stereocenters. The van der Waals surface area contributed by atoms with Gasteiger partial charge >= 0.3 is 0 Å². The number of hydrogen-bond acceptors (Lipinski definition) is 5. The van der Waals surface area contributed by atoms with Gasteiger partial charge < -0.3 is 9.80 Å². The number of rotatable bonds is 2. The second-order valence-electron chi connectivity index (χ2n) is 5.29. The molecule has 1 aromatic carbocycles. The molecule has 1 saturated heterocycles. The minimum absolute atomic E-state index is 0.0641. The Hall–Kier alpha value is -2.70. The lowest BCUT2D eigenvalue weighted by atomic mass is 10.1. The molecule has 0 N–H and O–H groups in total. The van der Waals surface area contributed by atoms with E-state index in [2.05, 4.69) is 9.88 Å². The van der Waals surface area contributed by atoms with Crippen LogP contribution in [0.2, 0.25) is 0 Å². The van der Waals surface area contributed by atoms with Crippen LogP contribution in [0, 0.1) is 10.1 Å². The molecule has 0 spiro atoms. The van der Waals surface area contributed by atoms with Crippen molar-refractivity contribution in [2.75, 3.05) is 31.1 Å². The summed E-state index contributed by atoms with van der Waals surface area (Å²) in [7, 11) is 0. The summed E-state index contributed by atoms with van der Waals surface area (Å²) in [4.78, 5) is 30.3. The topological polar surface area (TPSA) is 79.6 Å². The summed E-state index contributed by atoms with van der Waals surface area (Å²) < 4.78 is 0. The van der Waals surface area contributed by atoms with Crippen LogP contribution < -0.4 is 4.90 Å². The van der Waals surface area contributed by atoms with Crippen LogP contribution in [0.25, 0.3) is 10.9 Å². The molecule has 1 fully saturated rings. The number of nitro groups is 1. The van der Waals surface area contributed by atoms with Gasteiger partial charge in [0.15, 0.2) is 0 Å². The predicted octanol–water partition coefficient (Wildman–Crippen LogP) is 1.81. The van der Waals surface area contributed by atoms with Crippen LogP contribution in [0.3, 0.4) is 0 Å². The third-order valence-corrected chi connectivity index (χ3v) is 3.98. The van der Waals surface area contributed by atoms with Gasteiger partial charge in [-0.3, -0.25) is 19.9 Å². The largest absolute Gasteiger partial charge is 0.367 e. The molecule has 7 heteroatoms. The van der Waals surface area contributed by atoms with E-state index in [4.69, 9.17) is 0 Å². The number of nitrogens with zero attached hydrogens (tertiary/aromatic N) is 4. The van der Waals surface area contributed by atoms with Gasteiger partial charge in [0.05, 0.1) is 27.7 Å². The van der Waals surface area contributed by atoms with Gasteiger partial charge in [0.25, 0.3) is 5.69 Å². The molecule has 0 bridgehead atoms. The smallest absolute Gasteiger partial charge is 0.278 e. The van der Waals surface area contributed by atoms with Crippen molar-refractivity contribution in [2.24, 2.45) is 0 Å². The third-order valence-electron chi connectivity index (χ3n) is 3.98. The average Bonchev–Trinajstić information content (AvgIpc) is 2.53. The molecule has 0 saturated carbocycles. The number of piperazine rings is 1. The van der Waals surface area contributed by atoms with Gasteiger partial charge in [-0.15, -0.1) is 0 Å². The van der Waals surface area contributed by atoms with Gasteiger partial charge in [-0.25, -0.2) is 0 Å². The maximum atomic E-state index is 11.4. The van der Waals surface area contributed by atoms with Crippen molar-refractivity contribution in [1.82, 2.24) is 9.88 Å². The number of amides is 1. The van der Waals surface area contributed by atoms with E-state index in [-0.39, 0.29) is 16.5 Å². The van der Waals surface area contributed by atoms with E-state index in [0.717, 1.165) is 5.69 Å². The fraction of sp³-hybridized carbons (Fsp3) is 0.333. The van der Waals surface area contributed by atoms with Crippen molar-refractivity contribution >= 4 is 28.2 Å². The minimum Gasteiger partial charge on any atom is -0.367 e. The second-order valence-corrected chi connectivity index (χ2v) is 5.29. The Morgan fingerprint density at radius 3 is 2.64 bits per heavy atom. The molecule has 2 aromatic rings. The van der Waals surface area contributed by atoms with Gasteiger partial charge in [-0.2, -0.15) is 0 Å². The lowest BCUT2D eigenvalue weighted by molar-refractivity contribution is -0.383. The minimum atomic E-state index is -0.387. The highest BCUT2D eigenvalue weighted by Gasteiger charge is 2.20. The predicted molar refractivity (Wildman–Crippen MR) is 82.9 cm³/mol. The molecule has 1 aliphatic heterocycles. The summed E-state index contributed by atoms with van der Waals surface area (Å²) in [5.41, 5.74) is 1.53. The number of nitro benzene ring substituents is 1. The average molecular weight is 300 g/mol. The van der Waals surface area contributed by atoms with Gasteiger partial charge in [-0.05, 0) is 12.1 Å².